The molecule has 0 radical (unpaired) electrons. The van der Waals surface area contributed by atoms with Crippen LogP contribution in [0.1, 0.15) is 43.0 Å². The standard InChI is InChI=1S/C19H22ClN3O2/c20-15-5-6-18-13(10-15)9-14(12-25-18)19(24)21-11-16-7-8-23(22-16)17-3-1-2-4-17/h5-8,10,14,17H,1-4,9,11-12H2,(H,21,24). The lowest BCUT2D eigenvalue weighted by Crippen LogP contribution is -2.37. The maximum Gasteiger partial charge on any atom is 0.227 e. The van der Waals surface area contributed by atoms with E-state index in [0.717, 1.165) is 17.0 Å². The topological polar surface area (TPSA) is 56.2 Å². The van der Waals surface area contributed by atoms with E-state index in [1.54, 1.807) is 0 Å². The highest BCUT2D eigenvalue weighted by Crippen LogP contribution is 2.30. The molecule has 1 aliphatic heterocycles. The summed E-state index contributed by atoms with van der Waals surface area (Å²) in [6.07, 6.45) is 7.65. The van der Waals surface area contributed by atoms with Crippen molar-refractivity contribution in [3.8, 4) is 5.75 Å². The van der Waals surface area contributed by atoms with Crippen LogP contribution in [0.15, 0.2) is 30.5 Å². The predicted molar refractivity (Wildman–Crippen MR) is 95.7 cm³/mol. The lowest BCUT2D eigenvalue weighted by atomic mass is 9.96. The molecule has 1 atom stereocenters. The largest absolute Gasteiger partial charge is 0.492 e. The molecule has 6 heteroatoms. The van der Waals surface area contributed by atoms with Crippen molar-refractivity contribution in [1.82, 2.24) is 15.1 Å². The number of hydrogen-bond donors (Lipinski definition) is 1. The van der Waals surface area contributed by atoms with Crippen LogP contribution in [0, 0.1) is 5.92 Å². The minimum atomic E-state index is -0.192. The minimum absolute atomic E-state index is 0.000965. The summed E-state index contributed by atoms with van der Waals surface area (Å²) in [5.74, 6) is 0.632. The number of carbonyl (C=O) groups is 1. The lowest BCUT2D eigenvalue weighted by Gasteiger charge is -2.24. The zero-order chi connectivity index (χ0) is 17.2. The van der Waals surface area contributed by atoms with E-state index in [-0.39, 0.29) is 11.8 Å². The maximum absolute atomic E-state index is 12.5. The fourth-order valence-electron chi connectivity index (χ4n) is 3.70. The van der Waals surface area contributed by atoms with Crippen LogP contribution in [0.3, 0.4) is 0 Å². The Labute approximate surface area is 152 Å². The van der Waals surface area contributed by atoms with Crippen LogP contribution < -0.4 is 10.1 Å². The van der Waals surface area contributed by atoms with Gasteiger partial charge in [-0.15, -0.1) is 0 Å². The number of ether oxygens (including phenoxy) is 1. The van der Waals surface area contributed by atoms with Gasteiger partial charge in [0.2, 0.25) is 5.91 Å². The monoisotopic (exact) mass is 359 g/mol. The molecule has 2 aromatic rings. The number of benzene rings is 1. The first kappa shape index (κ1) is 16.5. The quantitative estimate of drug-likeness (QED) is 0.908. The third-order valence-electron chi connectivity index (χ3n) is 5.11. The van der Waals surface area contributed by atoms with Gasteiger partial charge in [-0.05, 0) is 49.1 Å². The smallest absolute Gasteiger partial charge is 0.227 e. The molecule has 132 valence electrons. The first-order valence-corrected chi connectivity index (χ1v) is 9.30. The van der Waals surface area contributed by atoms with Gasteiger partial charge < -0.3 is 10.1 Å². The third-order valence-corrected chi connectivity index (χ3v) is 5.34. The molecule has 1 N–H and O–H groups in total. The third kappa shape index (κ3) is 3.66. The van der Waals surface area contributed by atoms with Crippen LogP contribution in [0.2, 0.25) is 5.02 Å². The number of carbonyl (C=O) groups excluding carboxylic acids is 1. The molecule has 4 rings (SSSR count). The summed E-state index contributed by atoms with van der Waals surface area (Å²) in [6.45, 7) is 0.856. The number of nitrogens with zero attached hydrogens (tertiary/aromatic N) is 2. The van der Waals surface area contributed by atoms with Gasteiger partial charge in [0.25, 0.3) is 0 Å². The van der Waals surface area contributed by atoms with Gasteiger partial charge in [-0.3, -0.25) is 9.48 Å². The van der Waals surface area contributed by atoms with Crippen LogP contribution in [0.5, 0.6) is 5.75 Å². The first-order valence-electron chi connectivity index (χ1n) is 8.92. The van der Waals surface area contributed by atoms with Crippen molar-refractivity contribution in [2.45, 2.75) is 44.7 Å². The maximum atomic E-state index is 12.5. The Bertz CT molecular complexity index is 768. The molecule has 0 spiro atoms. The Balaban J connectivity index is 1.33. The number of hydrogen-bond acceptors (Lipinski definition) is 3. The Morgan fingerprint density at radius 1 is 1.32 bits per heavy atom. The second-order valence-corrected chi connectivity index (χ2v) is 7.34. The fourth-order valence-corrected chi connectivity index (χ4v) is 3.89. The van der Waals surface area contributed by atoms with E-state index in [4.69, 9.17) is 16.3 Å². The highest BCUT2D eigenvalue weighted by molar-refractivity contribution is 6.30. The SMILES string of the molecule is O=C(NCc1ccn(C2CCCC2)n1)C1COc2ccc(Cl)cc2C1. The molecule has 0 bridgehead atoms. The second-order valence-electron chi connectivity index (χ2n) is 6.91. The first-order chi connectivity index (χ1) is 12.2. The Kier molecular flexibility index (Phi) is 4.66. The molecule has 1 amide bonds. The average Bonchev–Trinajstić information content (AvgIpc) is 3.30. The molecule has 1 fully saturated rings. The molecule has 1 aliphatic carbocycles. The summed E-state index contributed by atoms with van der Waals surface area (Å²) >= 11 is 6.03. The van der Waals surface area contributed by atoms with E-state index < -0.39 is 0 Å². The normalized spacial score (nSPS) is 20.1. The zero-order valence-corrected chi connectivity index (χ0v) is 14.8. The summed E-state index contributed by atoms with van der Waals surface area (Å²) in [6, 6.07) is 8.06. The lowest BCUT2D eigenvalue weighted by molar-refractivity contribution is -0.126. The van der Waals surface area contributed by atoms with E-state index in [1.165, 1.54) is 25.7 Å². The van der Waals surface area contributed by atoms with Crippen LogP contribution in [-0.4, -0.2) is 22.3 Å². The van der Waals surface area contributed by atoms with Crippen LogP contribution in [0.4, 0.5) is 0 Å². The molecule has 1 unspecified atom stereocenters. The van der Waals surface area contributed by atoms with Gasteiger partial charge in [-0.1, -0.05) is 24.4 Å². The van der Waals surface area contributed by atoms with Crippen molar-refractivity contribution < 1.29 is 9.53 Å². The Hall–Kier alpha value is -2.01. The molecule has 2 heterocycles. The number of fused-ring (bicyclic) bond motifs is 1. The van der Waals surface area contributed by atoms with Crippen molar-refractivity contribution in [3.63, 3.8) is 0 Å². The Morgan fingerprint density at radius 3 is 3.00 bits per heavy atom. The van der Waals surface area contributed by atoms with Gasteiger partial charge >= 0.3 is 0 Å². The number of rotatable bonds is 4. The highest BCUT2D eigenvalue weighted by atomic mass is 35.5. The molecule has 25 heavy (non-hydrogen) atoms. The summed E-state index contributed by atoms with van der Waals surface area (Å²) < 4.78 is 7.75. The van der Waals surface area contributed by atoms with E-state index in [9.17, 15) is 4.79 Å². The van der Waals surface area contributed by atoms with Crippen LogP contribution >= 0.6 is 11.6 Å². The summed E-state index contributed by atoms with van der Waals surface area (Å²) in [5, 5.41) is 8.27. The Morgan fingerprint density at radius 2 is 2.16 bits per heavy atom. The van der Waals surface area contributed by atoms with Gasteiger partial charge in [0.1, 0.15) is 12.4 Å². The number of amides is 1. The van der Waals surface area contributed by atoms with Gasteiger partial charge in [0, 0.05) is 11.2 Å². The highest BCUT2D eigenvalue weighted by Gasteiger charge is 2.26. The van der Waals surface area contributed by atoms with Crippen molar-refractivity contribution >= 4 is 17.5 Å². The summed E-state index contributed by atoms with van der Waals surface area (Å²) in [7, 11) is 0. The van der Waals surface area contributed by atoms with Gasteiger partial charge in [-0.2, -0.15) is 5.10 Å². The summed E-state index contributed by atoms with van der Waals surface area (Å²) in [4.78, 5) is 12.5. The molecule has 1 saturated carbocycles. The number of aromatic nitrogens is 2. The van der Waals surface area contributed by atoms with E-state index >= 15 is 0 Å². The van der Waals surface area contributed by atoms with Crippen LogP contribution in [-0.2, 0) is 17.8 Å². The molecule has 1 aromatic carbocycles. The van der Waals surface area contributed by atoms with Crippen molar-refractivity contribution in [1.29, 1.82) is 0 Å². The van der Waals surface area contributed by atoms with Crippen molar-refractivity contribution in [2.24, 2.45) is 5.92 Å². The molecule has 1 aromatic heterocycles. The fraction of sp³-hybridized carbons (Fsp3) is 0.474. The molecular weight excluding hydrogens is 338 g/mol. The van der Waals surface area contributed by atoms with Crippen molar-refractivity contribution in [2.75, 3.05) is 6.61 Å². The molecular formula is C19H22ClN3O2. The van der Waals surface area contributed by atoms with E-state index in [2.05, 4.69) is 15.1 Å². The average molecular weight is 360 g/mol. The molecule has 0 saturated heterocycles. The zero-order valence-electron chi connectivity index (χ0n) is 14.1. The van der Waals surface area contributed by atoms with Gasteiger partial charge in [0.15, 0.2) is 0 Å². The molecule has 5 nitrogen and oxygen atoms in total. The van der Waals surface area contributed by atoms with Crippen molar-refractivity contribution in [3.05, 3.63) is 46.7 Å². The van der Waals surface area contributed by atoms with E-state index in [0.29, 0.717) is 30.6 Å². The van der Waals surface area contributed by atoms with E-state index in [1.807, 2.05) is 30.5 Å². The van der Waals surface area contributed by atoms with Crippen LogP contribution in [0.25, 0.3) is 0 Å². The summed E-state index contributed by atoms with van der Waals surface area (Å²) in [5.41, 5.74) is 1.89. The predicted octanol–water partition coefficient (Wildman–Crippen LogP) is 3.52. The second kappa shape index (κ2) is 7.08. The van der Waals surface area contributed by atoms with Gasteiger partial charge in [-0.25, -0.2) is 0 Å². The number of nitrogens with one attached hydrogen (secondary N) is 1. The molecule has 2 aliphatic rings. The number of halogens is 1. The minimum Gasteiger partial charge on any atom is -0.492 e. The van der Waals surface area contributed by atoms with Gasteiger partial charge in [0.05, 0.1) is 24.2 Å².